The highest BCUT2D eigenvalue weighted by Crippen LogP contribution is 2.21. The van der Waals surface area contributed by atoms with Gasteiger partial charge in [0.05, 0.1) is 19.4 Å². The summed E-state index contributed by atoms with van der Waals surface area (Å²) in [4.78, 5) is 4.79. The molecule has 0 atom stereocenters. The van der Waals surface area contributed by atoms with Crippen molar-refractivity contribution in [2.24, 2.45) is 4.99 Å². The second-order valence-corrected chi connectivity index (χ2v) is 5.67. The average molecular weight is 293 g/mol. The molecule has 0 fully saturated rings. The maximum Gasteiger partial charge on any atom is 0.119 e. The number of methoxy groups -OCH3 is 1. The Morgan fingerprint density at radius 2 is 1.77 bits per heavy atom. The summed E-state index contributed by atoms with van der Waals surface area (Å²) < 4.78 is 5.37. The lowest BCUT2D eigenvalue weighted by Gasteiger charge is -2.13. The molecule has 22 heavy (non-hydrogen) atoms. The summed E-state index contributed by atoms with van der Waals surface area (Å²) in [6, 6.07) is 14.6. The van der Waals surface area contributed by atoms with Crippen molar-refractivity contribution in [3.63, 3.8) is 0 Å². The van der Waals surface area contributed by atoms with E-state index in [1.807, 2.05) is 19.1 Å². The van der Waals surface area contributed by atoms with Crippen LogP contribution in [0.1, 0.15) is 29.2 Å². The van der Waals surface area contributed by atoms with E-state index in [1.165, 1.54) is 11.1 Å². The van der Waals surface area contributed by atoms with E-state index in [1.54, 1.807) is 7.11 Å². The molecule has 0 radical (unpaired) electrons. The van der Waals surface area contributed by atoms with Crippen molar-refractivity contribution in [3.05, 3.63) is 76.9 Å². The van der Waals surface area contributed by atoms with E-state index in [9.17, 15) is 0 Å². The maximum absolute atomic E-state index is 5.37. The molecule has 2 heteroatoms. The molecule has 0 aromatic heterocycles. The Bertz CT molecular complexity index is 696. The molecule has 0 aliphatic rings. The summed E-state index contributed by atoms with van der Waals surface area (Å²) in [5, 5.41) is 0. The van der Waals surface area contributed by atoms with E-state index in [0.717, 1.165) is 28.2 Å². The van der Waals surface area contributed by atoms with Gasteiger partial charge in [-0.1, -0.05) is 48.0 Å². The van der Waals surface area contributed by atoms with Crippen molar-refractivity contribution in [1.82, 2.24) is 0 Å². The molecule has 2 aromatic rings. The Kier molecular flexibility index (Phi) is 5.16. The van der Waals surface area contributed by atoms with E-state index in [2.05, 4.69) is 50.8 Å². The Morgan fingerprint density at radius 1 is 1.09 bits per heavy atom. The number of ether oxygens (including phenoxy) is 1. The molecule has 2 aromatic carbocycles. The molecule has 0 heterocycles. The zero-order chi connectivity index (χ0) is 16.1. The number of rotatable bonds is 5. The van der Waals surface area contributed by atoms with E-state index in [4.69, 9.17) is 9.73 Å². The van der Waals surface area contributed by atoms with E-state index in [-0.39, 0.29) is 0 Å². The van der Waals surface area contributed by atoms with Gasteiger partial charge in [-0.15, -0.1) is 0 Å². The van der Waals surface area contributed by atoms with Crippen molar-refractivity contribution in [2.45, 2.75) is 20.8 Å². The van der Waals surface area contributed by atoms with Crippen molar-refractivity contribution < 1.29 is 4.74 Å². The number of nitrogens with zero attached hydrogens (tertiary/aromatic N) is 1. The van der Waals surface area contributed by atoms with Crippen molar-refractivity contribution in [3.8, 4) is 5.75 Å². The smallest absolute Gasteiger partial charge is 0.119 e. The van der Waals surface area contributed by atoms with Gasteiger partial charge in [-0.25, -0.2) is 0 Å². The lowest BCUT2D eigenvalue weighted by molar-refractivity contribution is 0.414. The minimum Gasteiger partial charge on any atom is -0.497 e. The van der Waals surface area contributed by atoms with Gasteiger partial charge < -0.3 is 4.74 Å². The SMILES string of the molecule is C=C(C)CN=C(c1ccc(C)cc1)c1cc(OC)ccc1C. The first-order valence-electron chi connectivity index (χ1n) is 7.42. The van der Waals surface area contributed by atoms with Crippen molar-refractivity contribution >= 4 is 5.71 Å². The van der Waals surface area contributed by atoms with Crippen LogP contribution in [0.5, 0.6) is 5.75 Å². The Balaban J connectivity index is 2.55. The Labute approximate surface area is 133 Å². The van der Waals surface area contributed by atoms with Crippen LogP contribution in [-0.2, 0) is 0 Å². The monoisotopic (exact) mass is 293 g/mol. The summed E-state index contributed by atoms with van der Waals surface area (Å²) >= 11 is 0. The zero-order valence-corrected chi connectivity index (χ0v) is 13.8. The Morgan fingerprint density at radius 3 is 2.36 bits per heavy atom. The van der Waals surface area contributed by atoms with Crippen molar-refractivity contribution in [1.29, 1.82) is 0 Å². The molecule has 0 spiro atoms. The number of hydrogen-bond donors (Lipinski definition) is 0. The zero-order valence-electron chi connectivity index (χ0n) is 13.8. The molecular formula is C20H23NO. The molecule has 0 aliphatic carbocycles. The first-order chi connectivity index (χ1) is 10.5. The van der Waals surface area contributed by atoms with Crippen LogP contribution < -0.4 is 4.74 Å². The molecule has 2 rings (SSSR count). The molecule has 0 saturated carbocycles. The summed E-state index contributed by atoms with van der Waals surface area (Å²) in [6.07, 6.45) is 0. The summed E-state index contributed by atoms with van der Waals surface area (Å²) in [5.74, 6) is 0.843. The lowest BCUT2D eigenvalue weighted by Crippen LogP contribution is -2.07. The van der Waals surface area contributed by atoms with Crippen LogP contribution in [0.25, 0.3) is 0 Å². The topological polar surface area (TPSA) is 21.6 Å². The van der Waals surface area contributed by atoms with E-state index < -0.39 is 0 Å². The third-order valence-electron chi connectivity index (χ3n) is 3.53. The van der Waals surface area contributed by atoms with Gasteiger partial charge in [0.1, 0.15) is 5.75 Å². The Hall–Kier alpha value is -2.35. The van der Waals surface area contributed by atoms with Crippen molar-refractivity contribution in [2.75, 3.05) is 13.7 Å². The molecule has 0 unspecified atom stereocenters. The van der Waals surface area contributed by atoms with Crippen LogP contribution in [0.3, 0.4) is 0 Å². The first kappa shape index (κ1) is 16.0. The van der Waals surface area contributed by atoms with Gasteiger partial charge in [0.2, 0.25) is 0 Å². The van der Waals surface area contributed by atoms with Crippen LogP contribution in [0.4, 0.5) is 0 Å². The third-order valence-corrected chi connectivity index (χ3v) is 3.53. The van der Waals surface area contributed by atoms with Gasteiger partial charge in [0.15, 0.2) is 0 Å². The van der Waals surface area contributed by atoms with E-state index >= 15 is 0 Å². The van der Waals surface area contributed by atoms with Gasteiger partial charge in [0.25, 0.3) is 0 Å². The van der Waals surface area contributed by atoms with Crippen LogP contribution in [0, 0.1) is 13.8 Å². The molecule has 0 N–H and O–H groups in total. The predicted molar refractivity (Wildman–Crippen MR) is 94.2 cm³/mol. The second-order valence-electron chi connectivity index (χ2n) is 5.67. The molecule has 2 nitrogen and oxygen atoms in total. The lowest BCUT2D eigenvalue weighted by atomic mass is 9.97. The van der Waals surface area contributed by atoms with Crippen LogP contribution >= 0.6 is 0 Å². The number of aryl methyl sites for hydroxylation is 2. The normalized spacial score (nSPS) is 11.4. The minimum atomic E-state index is 0.625. The standard InChI is InChI=1S/C20H23NO/c1-14(2)13-21-20(17-9-6-15(3)7-10-17)19-12-18(22-5)11-8-16(19)4/h6-12H,1,13H2,2-5H3. The highest BCUT2D eigenvalue weighted by molar-refractivity contribution is 6.14. The average Bonchev–Trinajstić information content (AvgIpc) is 2.50. The second kappa shape index (κ2) is 7.08. The van der Waals surface area contributed by atoms with Crippen LogP contribution in [-0.4, -0.2) is 19.4 Å². The summed E-state index contributed by atoms with van der Waals surface area (Å²) in [6.45, 7) is 10.8. The molecule has 0 aliphatic heterocycles. The number of benzene rings is 2. The molecule has 114 valence electrons. The fourth-order valence-corrected chi connectivity index (χ4v) is 2.24. The summed E-state index contributed by atoms with van der Waals surface area (Å²) in [7, 11) is 1.69. The van der Waals surface area contributed by atoms with Gasteiger partial charge in [-0.05, 0) is 38.5 Å². The largest absolute Gasteiger partial charge is 0.497 e. The molecule has 0 amide bonds. The van der Waals surface area contributed by atoms with Gasteiger partial charge in [0, 0.05) is 11.1 Å². The molecular weight excluding hydrogens is 270 g/mol. The number of hydrogen-bond acceptors (Lipinski definition) is 2. The maximum atomic E-state index is 5.37. The fraction of sp³-hybridized carbons (Fsp3) is 0.250. The van der Waals surface area contributed by atoms with Gasteiger partial charge in [-0.2, -0.15) is 0 Å². The fourth-order valence-electron chi connectivity index (χ4n) is 2.24. The number of aliphatic imine (C=N–C) groups is 1. The van der Waals surface area contributed by atoms with Gasteiger partial charge >= 0.3 is 0 Å². The van der Waals surface area contributed by atoms with Gasteiger partial charge in [-0.3, -0.25) is 4.99 Å². The third kappa shape index (κ3) is 3.85. The van der Waals surface area contributed by atoms with Crippen LogP contribution in [0.15, 0.2) is 59.6 Å². The quantitative estimate of drug-likeness (QED) is 0.577. The minimum absolute atomic E-state index is 0.625. The summed E-state index contributed by atoms with van der Waals surface area (Å²) in [5.41, 5.74) is 6.67. The molecule has 0 saturated heterocycles. The van der Waals surface area contributed by atoms with Crippen LogP contribution in [0.2, 0.25) is 0 Å². The highest BCUT2D eigenvalue weighted by Gasteiger charge is 2.11. The van der Waals surface area contributed by atoms with E-state index in [0.29, 0.717) is 6.54 Å². The molecule has 0 bridgehead atoms. The predicted octanol–water partition coefficient (Wildman–Crippen LogP) is 4.73. The highest BCUT2D eigenvalue weighted by atomic mass is 16.5. The first-order valence-corrected chi connectivity index (χ1v) is 7.42.